The Labute approximate surface area is 259 Å². The van der Waals surface area contributed by atoms with Gasteiger partial charge in [-0.15, -0.1) is 0 Å². The molecule has 45 heavy (non-hydrogen) atoms. The van der Waals surface area contributed by atoms with E-state index in [2.05, 4.69) is 6.58 Å². The summed E-state index contributed by atoms with van der Waals surface area (Å²) in [6.07, 6.45) is -8.07. The lowest BCUT2D eigenvalue weighted by Gasteiger charge is -2.48. The standard InChI is InChI=1S/C31H40O14/c1-5-10-20(32)42-22(18(4)16-19-12-8-7-9-13-19)17(3)14-15-29-23(34)24(43-21(33)11-6-2)31(45-29,28(39)40)30(41,27(37)38)25(44-29)26(35)36/h7-9,12-13,18,22-25,34,41H,3,5-6,10-11,14-16H2,1-2,4H3,(H,35,36)(H,37,38)(H,39,40)/t18?,22?,23-,24-,25-,29-,30-,31-/m1/s1. The van der Waals surface area contributed by atoms with Gasteiger partial charge in [-0.25, -0.2) is 14.4 Å². The highest BCUT2D eigenvalue weighted by molar-refractivity contribution is 5.98. The predicted molar refractivity (Wildman–Crippen MR) is 153 cm³/mol. The van der Waals surface area contributed by atoms with Gasteiger partial charge >= 0.3 is 29.8 Å². The van der Waals surface area contributed by atoms with Crippen LogP contribution in [-0.2, 0) is 49.3 Å². The molecular formula is C31H40O14. The smallest absolute Gasteiger partial charge is 0.344 e. The molecule has 14 nitrogen and oxygen atoms in total. The zero-order valence-corrected chi connectivity index (χ0v) is 25.3. The average Bonchev–Trinajstić information content (AvgIpc) is 3.19. The van der Waals surface area contributed by atoms with E-state index in [1.165, 1.54) is 0 Å². The van der Waals surface area contributed by atoms with Crippen LogP contribution in [0.5, 0.6) is 0 Å². The molecule has 2 fully saturated rings. The third-order valence-corrected chi connectivity index (χ3v) is 8.14. The number of ether oxygens (including phenoxy) is 4. The summed E-state index contributed by atoms with van der Waals surface area (Å²) in [5.74, 6) is -11.1. The van der Waals surface area contributed by atoms with Crippen molar-refractivity contribution in [1.29, 1.82) is 0 Å². The molecule has 1 aromatic carbocycles. The molecule has 248 valence electrons. The topological polar surface area (TPSA) is 223 Å². The van der Waals surface area contributed by atoms with Gasteiger partial charge in [-0.1, -0.05) is 57.7 Å². The minimum Gasteiger partial charge on any atom is -0.479 e. The molecule has 0 aliphatic carbocycles. The number of fused-ring (bicyclic) bond motifs is 2. The van der Waals surface area contributed by atoms with Gasteiger partial charge in [-0.2, -0.15) is 0 Å². The van der Waals surface area contributed by atoms with E-state index in [0.717, 1.165) is 5.56 Å². The number of aliphatic hydroxyl groups excluding tert-OH is 1. The van der Waals surface area contributed by atoms with Crippen molar-refractivity contribution in [2.75, 3.05) is 0 Å². The van der Waals surface area contributed by atoms with E-state index in [1.54, 1.807) is 13.8 Å². The summed E-state index contributed by atoms with van der Waals surface area (Å²) < 4.78 is 22.0. The number of carbonyl (C=O) groups is 5. The Kier molecular flexibility index (Phi) is 11.1. The molecule has 0 saturated carbocycles. The first-order valence-corrected chi connectivity index (χ1v) is 14.7. The third-order valence-electron chi connectivity index (χ3n) is 8.14. The highest BCUT2D eigenvalue weighted by atomic mass is 16.8. The van der Waals surface area contributed by atoms with Crippen molar-refractivity contribution in [1.82, 2.24) is 0 Å². The van der Waals surface area contributed by atoms with Gasteiger partial charge in [-0.05, 0) is 36.8 Å². The minimum atomic E-state index is -3.86. The molecule has 2 saturated heterocycles. The zero-order valence-electron chi connectivity index (χ0n) is 25.3. The molecule has 14 heteroatoms. The second-order valence-electron chi connectivity index (χ2n) is 11.5. The first-order chi connectivity index (χ1) is 21.1. The number of rotatable bonds is 16. The van der Waals surface area contributed by atoms with Crippen molar-refractivity contribution in [3.8, 4) is 0 Å². The number of carboxylic acid groups (broad SMARTS) is 3. The summed E-state index contributed by atoms with van der Waals surface area (Å²) in [7, 11) is 0. The lowest BCUT2D eigenvalue weighted by molar-refractivity contribution is -0.374. The fourth-order valence-electron chi connectivity index (χ4n) is 5.93. The van der Waals surface area contributed by atoms with Gasteiger partial charge in [0.15, 0.2) is 6.10 Å². The SMILES string of the molecule is C=C(CC[C@@]12O[C@H](C(=O)O)[C@@](O)(C(=O)O)[C@@](C(=O)O)(O1)[C@H](OC(=O)CCC)[C@H]2O)C(OC(=O)CCC)C(C)Cc1ccccc1. The highest BCUT2D eigenvalue weighted by Crippen LogP contribution is 2.56. The van der Waals surface area contributed by atoms with Crippen LogP contribution in [0, 0.1) is 5.92 Å². The number of aliphatic hydroxyl groups is 2. The Balaban J connectivity index is 2.03. The van der Waals surface area contributed by atoms with Crippen LogP contribution < -0.4 is 0 Å². The fourth-order valence-corrected chi connectivity index (χ4v) is 5.93. The molecule has 0 aromatic heterocycles. The molecule has 0 radical (unpaired) electrons. The maximum Gasteiger partial charge on any atom is 0.344 e. The second kappa shape index (κ2) is 14.1. The summed E-state index contributed by atoms with van der Waals surface area (Å²) in [6, 6.07) is 9.33. The van der Waals surface area contributed by atoms with E-state index >= 15 is 0 Å². The van der Waals surface area contributed by atoms with Crippen molar-refractivity contribution in [3.63, 3.8) is 0 Å². The van der Waals surface area contributed by atoms with E-state index in [0.29, 0.717) is 12.8 Å². The zero-order chi connectivity index (χ0) is 33.7. The summed E-state index contributed by atoms with van der Waals surface area (Å²) in [6.45, 7) is 9.26. The van der Waals surface area contributed by atoms with Crippen LogP contribution in [0.1, 0.15) is 64.9 Å². The van der Waals surface area contributed by atoms with Gasteiger partial charge in [0.25, 0.3) is 0 Å². The largest absolute Gasteiger partial charge is 0.479 e. The molecule has 2 bridgehead atoms. The number of carbonyl (C=O) groups excluding carboxylic acids is 2. The molecule has 8 atom stereocenters. The Morgan fingerprint density at radius 2 is 1.56 bits per heavy atom. The first kappa shape index (κ1) is 35.6. The van der Waals surface area contributed by atoms with Crippen molar-refractivity contribution in [2.45, 2.75) is 107 Å². The number of benzene rings is 1. The van der Waals surface area contributed by atoms with Crippen molar-refractivity contribution < 1.29 is 68.5 Å². The Hall–Kier alpha value is -3.85. The summed E-state index contributed by atoms with van der Waals surface area (Å²) in [5, 5.41) is 52.9. The Morgan fingerprint density at radius 1 is 0.956 bits per heavy atom. The molecule has 5 N–H and O–H groups in total. The molecule has 2 unspecified atom stereocenters. The molecule has 3 rings (SSSR count). The highest BCUT2D eigenvalue weighted by Gasteiger charge is 2.85. The van der Waals surface area contributed by atoms with Gasteiger partial charge < -0.3 is 44.5 Å². The van der Waals surface area contributed by atoms with E-state index in [4.69, 9.17) is 18.9 Å². The number of hydrogen-bond donors (Lipinski definition) is 5. The molecule has 0 amide bonds. The Bertz CT molecular complexity index is 1300. The lowest BCUT2D eigenvalue weighted by Crippen LogP contribution is -2.78. The predicted octanol–water partition coefficient (Wildman–Crippen LogP) is 1.84. The number of carboxylic acids is 3. The first-order valence-electron chi connectivity index (χ1n) is 14.7. The summed E-state index contributed by atoms with van der Waals surface area (Å²) in [4.78, 5) is 62.5. The van der Waals surface area contributed by atoms with Crippen LogP contribution in [-0.4, -0.2) is 96.8 Å². The van der Waals surface area contributed by atoms with Crippen LogP contribution in [0.15, 0.2) is 42.5 Å². The van der Waals surface area contributed by atoms with Crippen molar-refractivity contribution in [2.24, 2.45) is 5.92 Å². The molecule has 1 aromatic rings. The average molecular weight is 637 g/mol. The van der Waals surface area contributed by atoms with Gasteiger partial charge in [0.05, 0.1) is 0 Å². The number of esters is 2. The van der Waals surface area contributed by atoms with Crippen LogP contribution >= 0.6 is 0 Å². The molecule has 2 aliphatic rings. The van der Waals surface area contributed by atoms with Crippen LogP contribution in [0.25, 0.3) is 0 Å². The molecule has 2 aliphatic heterocycles. The van der Waals surface area contributed by atoms with Crippen molar-refractivity contribution in [3.05, 3.63) is 48.0 Å². The summed E-state index contributed by atoms with van der Waals surface area (Å²) >= 11 is 0. The maximum absolute atomic E-state index is 12.8. The quantitative estimate of drug-likeness (QED) is 0.129. The number of hydrogen-bond acceptors (Lipinski definition) is 11. The van der Waals surface area contributed by atoms with E-state index in [9.17, 15) is 49.5 Å². The fraction of sp³-hybridized carbons (Fsp3) is 0.581. The van der Waals surface area contributed by atoms with Crippen LogP contribution in [0.2, 0.25) is 0 Å². The van der Waals surface area contributed by atoms with E-state index in [1.807, 2.05) is 37.3 Å². The van der Waals surface area contributed by atoms with Crippen LogP contribution in [0.3, 0.4) is 0 Å². The van der Waals surface area contributed by atoms with Gasteiger partial charge in [0, 0.05) is 25.2 Å². The third kappa shape index (κ3) is 6.59. The van der Waals surface area contributed by atoms with Crippen LogP contribution in [0.4, 0.5) is 0 Å². The van der Waals surface area contributed by atoms with E-state index < -0.39 is 77.7 Å². The van der Waals surface area contributed by atoms with Gasteiger partial charge in [-0.3, -0.25) is 9.59 Å². The van der Waals surface area contributed by atoms with Gasteiger partial charge in [0.2, 0.25) is 23.1 Å². The Morgan fingerprint density at radius 3 is 2.09 bits per heavy atom. The van der Waals surface area contributed by atoms with E-state index in [-0.39, 0.29) is 37.2 Å². The number of aliphatic carboxylic acids is 3. The summed E-state index contributed by atoms with van der Waals surface area (Å²) in [5.41, 5.74) is -6.14. The molecule has 0 spiro atoms. The monoisotopic (exact) mass is 636 g/mol. The lowest BCUT2D eigenvalue weighted by atomic mass is 9.74. The van der Waals surface area contributed by atoms with Crippen molar-refractivity contribution >= 4 is 29.8 Å². The second-order valence-corrected chi connectivity index (χ2v) is 11.5. The normalized spacial score (nSPS) is 30.1. The molecular weight excluding hydrogens is 596 g/mol. The molecule has 2 heterocycles. The minimum absolute atomic E-state index is 0.122. The maximum atomic E-state index is 12.8. The van der Waals surface area contributed by atoms with Gasteiger partial charge in [0.1, 0.15) is 12.2 Å².